The molecule has 30 heavy (non-hydrogen) atoms. The third-order valence-electron chi connectivity index (χ3n) is 2.76. The van der Waals surface area contributed by atoms with E-state index >= 15 is 0 Å². The summed E-state index contributed by atoms with van der Waals surface area (Å²) < 4.78 is 14.3. The number of methoxy groups -OCH3 is 3. The smallest absolute Gasteiger partial charge is 0.132 e. The second kappa shape index (κ2) is 46.2. The van der Waals surface area contributed by atoms with E-state index in [2.05, 4.69) is 4.74 Å². The molecule has 0 aromatic carbocycles. The molecule has 0 aromatic heterocycles. The summed E-state index contributed by atoms with van der Waals surface area (Å²) in [5.41, 5.74) is 0. The summed E-state index contributed by atoms with van der Waals surface area (Å²) in [5, 5.41) is 0. The van der Waals surface area contributed by atoms with Crippen LogP contribution >= 0.6 is 0 Å². The molecule has 0 amide bonds. The van der Waals surface area contributed by atoms with E-state index in [1.54, 1.807) is 42.1 Å². The van der Waals surface area contributed by atoms with Gasteiger partial charge in [0.15, 0.2) is 0 Å². The van der Waals surface area contributed by atoms with Gasteiger partial charge in [-0.15, -0.1) is 0 Å². The van der Waals surface area contributed by atoms with Gasteiger partial charge >= 0.3 is 0 Å². The number of unbranched alkanes of at least 4 members (excludes halogenated alkanes) is 1. The number of hydrogen-bond acceptors (Lipinski definition) is 6. The molecule has 0 heterocycles. The number of rotatable bonds is 11. The molecule has 1 atom stereocenters. The molecule has 0 aliphatic carbocycles. The van der Waals surface area contributed by atoms with Gasteiger partial charge in [-0.2, -0.15) is 0 Å². The topological polar surface area (TPSA) is 78.9 Å². The second-order valence-electron chi connectivity index (χ2n) is 5.55. The van der Waals surface area contributed by atoms with Gasteiger partial charge in [-0.25, -0.2) is 0 Å². The Labute approximate surface area is 191 Å². The van der Waals surface area contributed by atoms with Crippen LogP contribution in [-0.4, -0.2) is 58.0 Å². The molecule has 0 fully saturated rings. The Morgan fingerprint density at radius 3 is 1.23 bits per heavy atom. The van der Waals surface area contributed by atoms with E-state index in [0.717, 1.165) is 19.4 Å². The first-order valence-electron chi connectivity index (χ1n) is 8.20. The molecule has 0 saturated carbocycles. The fourth-order valence-electron chi connectivity index (χ4n) is 1.35. The third-order valence-corrected chi connectivity index (χ3v) is 2.76. The summed E-state index contributed by atoms with van der Waals surface area (Å²) in [5.74, 6) is 0.632. The van der Waals surface area contributed by atoms with E-state index < -0.39 is 0 Å². The Morgan fingerprint density at radius 2 is 1.03 bits per heavy atom. The van der Waals surface area contributed by atoms with Crippen molar-refractivity contribution in [2.24, 2.45) is 0 Å². The largest absolute Gasteiger partial charge is 0.385 e. The molecule has 1 unspecified atom stereocenters. The van der Waals surface area contributed by atoms with Crippen LogP contribution in [0.2, 0.25) is 0 Å². The van der Waals surface area contributed by atoms with Gasteiger partial charge in [-0.05, 0) is 40.5 Å². The Bertz CT molecular complexity index is 317. The zero-order valence-electron chi connectivity index (χ0n) is 16.5. The quantitative estimate of drug-likeness (QED) is 0.325. The first-order chi connectivity index (χ1) is 11.2. The number of ketones is 3. The molecule has 0 spiro atoms. The maximum absolute atomic E-state index is 10.4. The Morgan fingerprint density at radius 1 is 0.633 bits per heavy atom. The number of Topliss-reactive ketones (excluding diaryl/α,β-unsaturated/α-hetero) is 3. The SMILES string of the molecule is C.C.C.C.C.C.COC(C)CC(C)=O.COCCC(C)=O.COCCCCC(C)=O. The predicted octanol–water partition coefficient (Wildman–Crippen LogP) is 6.82. The molecule has 0 aromatic rings. The van der Waals surface area contributed by atoms with Crippen molar-refractivity contribution in [1.82, 2.24) is 0 Å². The number of ether oxygens (including phenoxy) is 3. The molecule has 0 radical (unpaired) electrons. The Hall–Kier alpha value is -1.11. The van der Waals surface area contributed by atoms with Gasteiger partial charge in [-0.1, -0.05) is 44.6 Å². The standard InChI is InChI=1S/C7H14O2.C6H12O2.C5H10O2.6CH4/c1-7(8)5-3-4-6-9-2;1-5(7)4-6(2)8-3;1-5(6)3-4-7-2;;;;;;/h3-6H2,1-2H3;6H,4H2,1-3H3;3-4H2,1-2H3;6*1H4. The van der Waals surface area contributed by atoms with Gasteiger partial charge in [-0.3, -0.25) is 9.59 Å². The minimum Gasteiger partial charge on any atom is -0.385 e. The highest BCUT2D eigenvalue weighted by atomic mass is 16.5. The summed E-state index contributed by atoms with van der Waals surface area (Å²) in [6.45, 7) is 7.94. The maximum Gasteiger partial charge on any atom is 0.132 e. The van der Waals surface area contributed by atoms with E-state index in [-0.39, 0.29) is 68.0 Å². The lowest BCUT2D eigenvalue weighted by atomic mass is 10.2. The molecule has 192 valence electrons. The van der Waals surface area contributed by atoms with Crippen LogP contribution in [0.5, 0.6) is 0 Å². The molecule has 0 aliphatic heterocycles. The van der Waals surface area contributed by atoms with Gasteiger partial charge < -0.3 is 19.0 Å². The van der Waals surface area contributed by atoms with Crippen molar-refractivity contribution < 1.29 is 28.6 Å². The fraction of sp³-hybridized carbons (Fsp3) is 0.875. The van der Waals surface area contributed by atoms with Crippen LogP contribution in [0.1, 0.15) is 104 Å². The van der Waals surface area contributed by atoms with Crippen molar-refractivity contribution >= 4 is 17.3 Å². The van der Waals surface area contributed by atoms with Crippen LogP contribution in [0.15, 0.2) is 0 Å². The summed E-state index contributed by atoms with van der Waals surface area (Å²) >= 11 is 0. The molecular weight excluding hydrogens is 384 g/mol. The average molecular weight is 445 g/mol. The molecule has 6 nitrogen and oxygen atoms in total. The number of hydrogen-bond donors (Lipinski definition) is 0. The van der Waals surface area contributed by atoms with Crippen molar-refractivity contribution in [2.45, 2.75) is 110 Å². The number of carbonyl (C=O) groups is 3. The summed E-state index contributed by atoms with van der Waals surface area (Å²) in [6, 6.07) is 0. The fourth-order valence-corrected chi connectivity index (χ4v) is 1.35. The zero-order chi connectivity index (χ0) is 19.4. The highest BCUT2D eigenvalue weighted by Crippen LogP contribution is 1.95. The zero-order valence-corrected chi connectivity index (χ0v) is 16.5. The van der Waals surface area contributed by atoms with E-state index in [0.29, 0.717) is 25.9 Å². The number of carbonyl (C=O) groups excluding carboxylic acids is 3. The first kappa shape index (κ1) is 56.8. The highest BCUT2D eigenvalue weighted by Gasteiger charge is 2.00. The van der Waals surface area contributed by atoms with Crippen molar-refractivity contribution in [1.29, 1.82) is 0 Å². The minimum absolute atomic E-state index is 0. The molecule has 0 aliphatic rings. The van der Waals surface area contributed by atoms with E-state index in [9.17, 15) is 14.4 Å². The van der Waals surface area contributed by atoms with Gasteiger partial charge in [0.25, 0.3) is 0 Å². The van der Waals surface area contributed by atoms with Crippen molar-refractivity contribution in [3.05, 3.63) is 0 Å². The van der Waals surface area contributed by atoms with Crippen LogP contribution in [0.4, 0.5) is 0 Å². The van der Waals surface area contributed by atoms with E-state index in [1.807, 2.05) is 6.92 Å². The first-order valence-corrected chi connectivity index (χ1v) is 8.20. The monoisotopic (exact) mass is 444 g/mol. The summed E-state index contributed by atoms with van der Waals surface area (Å²) in [4.78, 5) is 30.8. The van der Waals surface area contributed by atoms with Crippen LogP contribution in [0, 0.1) is 0 Å². The normalized spacial score (nSPS) is 8.50. The third kappa shape index (κ3) is 81.3. The summed E-state index contributed by atoms with van der Waals surface area (Å²) in [7, 11) is 4.87. The lowest BCUT2D eigenvalue weighted by Crippen LogP contribution is -2.08. The van der Waals surface area contributed by atoms with Crippen molar-refractivity contribution in [2.75, 3.05) is 34.5 Å². The second-order valence-corrected chi connectivity index (χ2v) is 5.55. The van der Waals surface area contributed by atoms with E-state index in [4.69, 9.17) is 9.47 Å². The minimum atomic E-state index is 0. The van der Waals surface area contributed by atoms with Crippen molar-refractivity contribution in [3.63, 3.8) is 0 Å². The maximum atomic E-state index is 10.4. The predicted molar refractivity (Wildman–Crippen MR) is 136 cm³/mol. The van der Waals surface area contributed by atoms with Gasteiger partial charge in [0.2, 0.25) is 0 Å². The Balaban J connectivity index is -0.0000000288. The van der Waals surface area contributed by atoms with Gasteiger partial charge in [0.1, 0.15) is 17.3 Å². The van der Waals surface area contributed by atoms with Crippen LogP contribution in [0.3, 0.4) is 0 Å². The summed E-state index contributed by atoms with van der Waals surface area (Å²) in [6.07, 6.45) is 3.79. The van der Waals surface area contributed by atoms with Crippen LogP contribution in [-0.2, 0) is 28.6 Å². The Kier molecular flexibility index (Phi) is 87.5. The molecule has 0 rings (SSSR count). The molecule has 0 saturated heterocycles. The molecule has 6 heteroatoms. The van der Waals surface area contributed by atoms with E-state index in [1.165, 1.54) is 0 Å². The van der Waals surface area contributed by atoms with Crippen molar-refractivity contribution in [3.8, 4) is 0 Å². The van der Waals surface area contributed by atoms with Crippen LogP contribution < -0.4 is 0 Å². The highest BCUT2D eigenvalue weighted by molar-refractivity contribution is 5.76. The van der Waals surface area contributed by atoms with Gasteiger partial charge in [0, 0.05) is 47.2 Å². The molecule has 0 bridgehead atoms. The lowest BCUT2D eigenvalue weighted by molar-refractivity contribution is -0.119. The van der Waals surface area contributed by atoms with Gasteiger partial charge in [0.05, 0.1) is 12.7 Å². The average Bonchev–Trinajstić information content (AvgIpc) is 2.50. The molecule has 0 N–H and O–H groups in total. The van der Waals surface area contributed by atoms with Crippen LogP contribution in [0.25, 0.3) is 0 Å². The lowest BCUT2D eigenvalue weighted by Gasteiger charge is -2.03. The molecular formula is C24H60O6.